The monoisotopic (exact) mass is 332 g/mol. The zero-order chi connectivity index (χ0) is 17.3. The molecule has 0 radical (unpaired) electrons. The van der Waals surface area contributed by atoms with Crippen molar-refractivity contribution in [3.63, 3.8) is 0 Å². The Balaban J connectivity index is 1.47. The summed E-state index contributed by atoms with van der Waals surface area (Å²) in [6, 6.07) is 2.08. The van der Waals surface area contributed by atoms with Crippen LogP contribution in [0.3, 0.4) is 0 Å². The fourth-order valence-corrected chi connectivity index (χ4v) is 3.34. The van der Waals surface area contributed by atoms with Crippen LogP contribution in [-0.4, -0.2) is 59.0 Å². The van der Waals surface area contributed by atoms with E-state index in [1.165, 1.54) is 0 Å². The van der Waals surface area contributed by atoms with E-state index in [-0.39, 0.29) is 29.8 Å². The second-order valence-electron chi connectivity index (χ2n) is 7.08. The van der Waals surface area contributed by atoms with Gasteiger partial charge in [0, 0.05) is 25.9 Å². The number of hydrogen-bond donors (Lipinski definition) is 1. The highest BCUT2D eigenvalue weighted by atomic mass is 16.2. The van der Waals surface area contributed by atoms with Crippen molar-refractivity contribution in [1.29, 1.82) is 5.26 Å². The van der Waals surface area contributed by atoms with Crippen LogP contribution in [0.2, 0.25) is 0 Å². The van der Waals surface area contributed by atoms with Crippen molar-refractivity contribution in [2.24, 2.45) is 16.3 Å². The van der Waals surface area contributed by atoms with Crippen molar-refractivity contribution in [1.82, 2.24) is 15.2 Å². The number of likely N-dealkylation sites (tertiary alicyclic amines) is 1. The summed E-state index contributed by atoms with van der Waals surface area (Å²) in [5.74, 6) is 0.0485. The lowest BCUT2D eigenvalue weighted by molar-refractivity contribution is -0.134. The van der Waals surface area contributed by atoms with Crippen LogP contribution in [0.15, 0.2) is 10.3 Å². The first-order chi connectivity index (χ1) is 11.4. The molecular formula is C16H24N6O2. The third kappa shape index (κ3) is 3.21. The molecule has 130 valence electrons. The molecule has 0 aromatic rings. The van der Waals surface area contributed by atoms with E-state index in [2.05, 4.69) is 21.7 Å². The lowest BCUT2D eigenvalue weighted by Gasteiger charge is -2.31. The first-order valence-corrected chi connectivity index (χ1v) is 8.61. The van der Waals surface area contributed by atoms with E-state index in [4.69, 9.17) is 0 Å². The Labute approximate surface area is 141 Å². The molecule has 0 aromatic heterocycles. The summed E-state index contributed by atoms with van der Waals surface area (Å²) in [7, 11) is 0. The van der Waals surface area contributed by atoms with Gasteiger partial charge in [0.25, 0.3) is 0 Å². The number of carbonyl (C=O) groups excluding carboxylic acids is 2. The third-order valence-corrected chi connectivity index (χ3v) is 5.35. The van der Waals surface area contributed by atoms with Crippen LogP contribution in [0.1, 0.15) is 39.5 Å². The standard InChI is InChI=1S/C16H24N6O2/c1-11(14-9-22(20-19-14)16(10-17)5-6-16)18-15(24)13-3-7-21(8-4-13)12(2)23/h11,13-14H,3-9H2,1-2H3,(H,18,24). The Morgan fingerprint density at radius 3 is 2.54 bits per heavy atom. The van der Waals surface area contributed by atoms with E-state index in [0.717, 1.165) is 12.8 Å². The topological polar surface area (TPSA) is 101 Å². The average Bonchev–Trinajstić information content (AvgIpc) is 3.22. The van der Waals surface area contributed by atoms with E-state index >= 15 is 0 Å². The zero-order valence-electron chi connectivity index (χ0n) is 14.2. The van der Waals surface area contributed by atoms with E-state index in [1.807, 2.05) is 6.92 Å². The quantitative estimate of drug-likeness (QED) is 0.825. The van der Waals surface area contributed by atoms with Crippen LogP contribution < -0.4 is 5.32 Å². The smallest absolute Gasteiger partial charge is 0.223 e. The van der Waals surface area contributed by atoms with E-state index in [9.17, 15) is 14.9 Å². The van der Waals surface area contributed by atoms with Crippen LogP contribution >= 0.6 is 0 Å². The minimum Gasteiger partial charge on any atom is -0.351 e. The van der Waals surface area contributed by atoms with Gasteiger partial charge in [0.1, 0.15) is 11.6 Å². The van der Waals surface area contributed by atoms with Crippen molar-refractivity contribution in [3.05, 3.63) is 0 Å². The summed E-state index contributed by atoms with van der Waals surface area (Å²) in [4.78, 5) is 25.6. The molecule has 0 aromatic carbocycles. The molecule has 2 unspecified atom stereocenters. The second-order valence-corrected chi connectivity index (χ2v) is 7.08. The molecule has 2 aliphatic heterocycles. The summed E-state index contributed by atoms with van der Waals surface area (Å²) < 4.78 is 0. The van der Waals surface area contributed by atoms with Crippen molar-refractivity contribution >= 4 is 11.8 Å². The molecule has 1 saturated heterocycles. The van der Waals surface area contributed by atoms with Gasteiger partial charge in [-0.15, -0.1) is 0 Å². The van der Waals surface area contributed by atoms with Crippen molar-refractivity contribution in [2.75, 3.05) is 19.6 Å². The molecule has 24 heavy (non-hydrogen) atoms. The number of nitrogens with zero attached hydrogens (tertiary/aromatic N) is 5. The Morgan fingerprint density at radius 1 is 1.33 bits per heavy atom. The second kappa shape index (κ2) is 6.38. The van der Waals surface area contributed by atoms with Crippen LogP contribution in [-0.2, 0) is 9.59 Å². The van der Waals surface area contributed by atoms with Gasteiger partial charge < -0.3 is 10.2 Å². The number of nitrogens with one attached hydrogen (secondary N) is 1. The maximum atomic E-state index is 12.4. The van der Waals surface area contributed by atoms with E-state index in [0.29, 0.717) is 32.5 Å². The number of amides is 2. The van der Waals surface area contributed by atoms with Gasteiger partial charge in [-0.1, -0.05) is 5.22 Å². The van der Waals surface area contributed by atoms with Crippen molar-refractivity contribution in [2.45, 2.75) is 57.2 Å². The molecule has 2 amide bonds. The Kier molecular flexibility index (Phi) is 4.43. The molecule has 1 N–H and O–H groups in total. The predicted molar refractivity (Wildman–Crippen MR) is 85.5 cm³/mol. The van der Waals surface area contributed by atoms with Gasteiger partial charge in [-0.3, -0.25) is 14.6 Å². The molecule has 2 fully saturated rings. The molecule has 1 aliphatic carbocycles. The highest BCUT2D eigenvalue weighted by Gasteiger charge is 2.51. The van der Waals surface area contributed by atoms with Gasteiger partial charge in [0.05, 0.1) is 18.7 Å². The molecule has 2 heterocycles. The average molecular weight is 332 g/mol. The Bertz CT molecular complexity index is 586. The van der Waals surface area contributed by atoms with Crippen LogP contribution in [0, 0.1) is 17.2 Å². The number of piperidine rings is 1. The molecule has 3 rings (SSSR count). The van der Waals surface area contributed by atoms with Gasteiger partial charge in [-0.2, -0.15) is 10.4 Å². The Morgan fingerprint density at radius 2 is 2.00 bits per heavy atom. The van der Waals surface area contributed by atoms with E-state index in [1.54, 1.807) is 16.8 Å². The molecule has 0 bridgehead atoms. The SMILES string of the molecule is CC(=O)N1CCC(C(=O)NC(C)C2CN(C3(C#N)CC3)N=N2)CC1. The lowest BCUT2D eigenvalue weighted by atomic mass is 9.95. The van der Waals surface area contributed by atoms with Crippen molar-refractivity contribution in [3.8, 4) is 6.07 Å². The fraction of sp³-hybridized carbons (Fsp3) is 0.812. The van der Waals surface area contributed by atoms with Gasteiger partial charge in [0.15, 0.2) is 0 Å². The predicted octanol–water partition coefficient (Wildman–Crippen LogP) is 0.857. The number of nitriles is 1. The van der Waals surface area contributed by atoms with Gasteiger partial charge >= 0.3 is 0 Å². The Hall–Kier alpha value is -2.17. The highest BCUT2D eigenvalue weighted by Crippen LogP contribution is 2.43. The normalized spacial score (nSPS) is 26.8. The molecule has 3 aliphatic rings. The van der Waals surface area contributed by atoms with Crippen LogP contribution in [0.4, 0.5) is 0 Å². The van der Waals surface area contributed by atoms with Gasteiger partial charge in [-0.25, -0.2) is 0 Å². The maximum absolute atomic E-state index is 12.4. The van der Waals surface area contributed by atoms with Crippen LogP contribution in [0.5, 0.6) is 0 Å². The van der Waals surface area contributed by atoms with E-state index < -0.39 is 5.54 Å². The van der Waals surface area contributed by atoms with Gasteiger partial charge in [0.2, 0.25) is 11.8 Å². The lowest BCUT2D eigenvalue weighted by Crippen LogP contribution is -2.48. The van der Waals surface area contributed by atoms with Gasteiger partial charge in [-0.05, 0) is 32.6 Å². The molecule has 2 atom stereocenters. The highest BCUT2D eigenvalue weighted by molar-refractivity contribution is 5.79. The summed E-state index contributed by atoms with van der Waals surface area (Å²) >= 11 is 0. The number of hydrogen-bond acceptors (Lipinski definition) is 6. The summed E-state index contributed by atoms with van der Waals surface area (Å²) in [5, 5.41) is 22.4. The minimum atomic E-state index is -0.457. The molecule has 1 saturated carbocycles. The molecular weight excluding hydrogens is 308 g/mol. The first kappa shape index (κ1) is 16.7. The number of rotatable bonds is 4. The fourth-order valence-electron chi connectivity index (χ4n) is 3.34. The molecule has 8 heteroatoms. The minimum absolute atomic E-state index is 0.0285. The first-order valence-electron chi connectivity index (χ1n) is 8.61. The third-order valence-electron chi connectivity index (χ3n) is 5.35. The zero-order valence-corrected chi connectivity index (χ0v) is 14.2. The summed E-state index contributed by atoms with van der Waals surface area (Å²) in [6.07, 6.45) is 3.08. The molecule has 0 spiro atoms. The largest absolute Gasteiger partial charge is 0.351 e. The summed E-state index contributed by atoms with van der Waals surface area (Å²) in [5.41, 5.74) is -0.457. The number of carbonyl (C=O) groups is 2. The molecule has 8 nitrogen and oxygen atoms in total. The maximum Gasteiger partial charge on any atom is 0.223 e. The summed E-state index contributed by atoms with van der Waals surface area (Å²) in [6.45, 7) is 5.36. The van der Waals surface area contributed by atoms with Crippen molar-refractivity contribution < 1.29 is 9.59 Å². The van der Waals surface area contributed by atoms with Crippen LogP contribution in [0.25, 0.3) is 0 Å².